The minimum atomic E-state index is -0.356. The summed E-state index contributed by atoms with van der Waals surface area (Å²) < 4.78 is 4.76. The van der Waals surface area contributed by atoms with Gasteiger partial charge in [0.1, 0.15) is 22.8 Å². The number of hydrogen-bond donors (Lipinski definition) is 1. The molecule has 0 saturated heterocycles. The summed E-state index contributed by atoms with van der Waals surface area (Å²) in [6.45, 7) is -0.115. The Morgan fingerprint density at radius 1 is 1.53 bits per heavy atom. The maximum absolute atomic E-state index is 11.3. The van der Waals surface area contributed by atoms with Gasteiger partial charge < -0.3 is 9.84 Å². The van der Waals surface area contributed by atoms with Crippen molar-refractivity contribution in [2.45, 2.75) is 5.03 Å². The number of aliphatic hydroxyl groups is 1. The number of hydrogen-bond acceptors (Lipinski definition) is 7. The number of aromatic nitrogens is 2. The molecule has 1 N–H and O–H groups in total. The monoisotopic (exact) mass is 270 g/mol. The van der Waals surface area contributed by atoms with Crippen LogP contribution in [0.3, 0.4) is 0 Å². The Labute approximate surface area is 106 Å². The first kappa shape index (κ1) is 12.3. The van der Waals surface area contributed by atoms with Gasteiger partial charge in [-0.3, -0.25) is 4.79 Å². The van der Waals surface area contributed by atoms with Gasteiger partial charge >= 0.3 is 5.97 Å². The lowest BCUT2D eigenvalue weighted by molar-refractivity contribution is -0.141. The third-order valence-electron chi connectivity index (χ3n) is 1.91. The van der Waals surface area contributed by atoms with E-state index in [1.165, 1.54) is 29.4 Å². The lowest BCUT2D eigenvalue weighted by Gasteiger charge is -2.02. The summed E-state index contributed by atoms with van der Waals surface area (Å²) in [6.07, 6.45) is 1.49. The number of esters is 1. The number of thioether (sulfide) groups is 1. The zero-order valence-electron chi connectivity index (χ0n) is 8.83. The quantitative estimate of drug-likeness (QED) is 0.502. The number of aliphatic hydroxyl groups excluding tert-OH is 1. The summed E-state index contributed by atoms with van der Waals surface area (Å²) in [4.78, 5) is 20.4. The summed E-state index contributed by atoms with van der Waals surface area (Å²) in [7, 11) is 0. The molecule has 0 aliphatic carbocycles. The number of thiophene rings is 1. The molecule has 0 fully saturated rings. The van der Waals surface area contributed by atoms with E-state index >= 15 is 0 Å². The maximum atomic E-state index is 11.3. The fourth-order valence-electron chi connectivity index (χ4n) is 1.21. The van der Waals surface area contributed by atoms with Crippen LogP contribution >= 0.6 is 23.1 Å². The number of rotatable bonds is 5. The van der Waals surface area contributed by atoms with Crippen LogP contribution in [0.15, 0.2) is 22.8 Å². The highest BCUT2D eigenvalue weighted by atomic mass is 32.2. The van der Waals surface area contributed by atoms with Crippen molar-refractivity contribution < 1.29 is 14.6 Å². The van der Waals surface area contributed by atoms with Crippen LogP contribution in [0.5, 0.6) is 0 Å². The highest BCUT2D eigenvalue weighted by Gasteiger charge is 2.09. The Hall–Kier alpha value is -1.18. The van der Waals surface area contributed by atoms with Crippen LogP contribution in [0.4, 0.5) is 0 Å². The van der Waals surface area contributed by atoms with Gasteiger partial charge in [0.2, 0.25) is 0 Å². The van der Waals surface area contributed by atoms with Crippen LogP contribution in [-0.4, -0.2) is 40.0 Å². The van der Waals surface area contributed by atoms with Gasteiger partial charge in [-0.1, -0.05) is 11.8 Å². The van der Waals surface area contributed by atoms with Crippen LogP contribution in [0.25, 0.3) is 10.2 Å². The minimum Gasteiger partial charge on any atom is -0.463 e. The first-order chi connectivity index (χ1) is 8.31. The maximum Gasteiger partial charge on any atom is 0.316 e. The lowest BCUT2D eigenvalue weighted by Crippen LogP contribution is -2.10. The van der Waals surface area contributed by atoms with E-state index in [1.807, 2.05) is 11.4 Å². The first-order valence-corrected chi connectivity index (χ1v) is 6.75. The van der Waals surface area contributed by atoms with E-state index in [2.05, 4.69) is 9.97 Å². The lowest BCUT2D eigenvalue weighted by atomic mass is 10.4. The van der Waals surface area contributed by atoms with Crippen molar-refractivity contribution in [2.24, 2.45) is 0 Å². The van der Waals surface area contributed by atoms with Crippen molar-refractivity contribution in [1.29, 1.82) is 0 Å². The van der Waals surface area contributed by atoms with E-state index in [0.717, 1.165) is 15.2 Å². The second kappa shape index (κ2) is 5.95. The van der Waals surface area contributed by atoms with Crippen LogP contribution in [0, 0.1) is 0 Å². The van der Waals surface area contributed by atoms with E-state index in [9.17, 15) is 4.79 Å². The van der Waals surface area contributed by atoms with Gasteiger partial charge in [-0.05, 0) is 11.4 Å². The van der Waals surface area contributed by atoms with E-state index in [0.29, 0.717) is 0 Å². The zero-order chi connectivity index (χ0) is 12.1. The topological polar surface area (TPSA) is 72.3 Å². The predicted octanol–water partition coefficient (Wildman–Crippen LogP) is 1.32. The Bertz CT molecular complexity index is 515. The molecule has 2 rings (SSSR count). The molecule has 2 aromatic rings. The molecule has 90 valence electrons. The summed E-state index contributed by atoms with van der Waals surface area (Å²) in [5.74, 6) is -0.173. The highest BCUT2D eigenvalue weighted by molar-refractivity contribution is 8.00. The number of fused-ring (bicyclic) bond motifs is 1. The van der Waals surface area contributed by atoms with Gasteiger partial charge in [0.25, 0.3) is 0 Å². The molecule has 17 heavy (non-hydrogen) atoms. The molecule has 2 aromatic heterocycles. The summed E-state index contributed by atoms with van der Waals surface area (Å²) in [6, 6.07) is 1.93. The summed E-state index contributed by atoms with van der Waals surface area (Å²) >= 11 is 2.85. The van der Waals surface area contributed by atoms with Crippen molar-refractivity contribution in [3.05, 3.63) is 17.8 Å². The van der Waals surface area contributed by atoms with E-state index in [4.69, 9.17) is 9.84 Å². The standard InChI is InChI=1S/C10H10N2O3S2/c13-2-3-15-8(14)5-17-10-7-1-4-16-9(7)11-6-12-10/h1,4,6,13H,2-3,5H2. The SMILES string of the molecule is O=C(CSc1ncnc2sccc12)OCCO. The molecule has 0 bridgehead atoms. The third-order valence-corrected chi connectivity index (χ3v) is 3.71. The molecule has 2 heterocycles. The Morgan fingerprint density at radius 3 is 3.24 bits per heavy atom. The van der Waals surface area contributed by atoms with E-state index < -0.39 is 0 Å². The Balaban J connectivity index is 1.99. The molecule has 0 spiro atoms. The van der Waals surface area contributed by atoms with Gasteiger partial charge in [0.05, 0.1) is 12.4 Å². The summed E-state index contributed by atoms with van der Waals surface area (Å²) in [5, 5.41) is 12.2. The van der Waals surface area contributed by atoms with Crippen molar-refractivity contribution in [3.63, 3.8) is 0 Å². The van der Waals surface area contributed by atoms with Gasteiger partial charge in [-0.15, -0.1) is 11.3 Å². The molecule has 0 aliphatic heterocycles. The minimum absolute atomic E-state index is 0.0387. The second-order valence-corrected chi connectivity index (χ2v) is 4.91. The average molecular weight is 270 g/mol. The number of carbonyl (C=O) groups is 1. The molecule has 0 saturated carbocycles. The number of ether oxygens (including phenoxy) is 1. The van der Waals surface area contributed by atoms with Crippen molar-refractivity contribution in [3.8, 4) is 0 Å². The fraction of sp³-hybridized carbons (Fsp3) is 0.300. The van der Waals surface area contributed by atoms with Gasteiger partial charge in [0.15, 0.2) is 0 Å². The molecular formula is C10H10N2O3S2. The van der Waals surface area contributed by atoms with Crippen LogP contribution in [-0.2, 0) is 9.53 Å². The molecule has 5 nitrogen and oxygen atoms in total. The smallest absolute Gasteiger partial charge is 0.316 e. The fourth-order valence-corrected chi connectivity index (χ4v) is 2.79. The van der Waals surface area contributed by atoms with E-state index in [1.54, 1.807) is 0 Å². The predicted molar refractivity (Wildman–Crippen MR) is 66.2 cm³/mol. The summed E-state index contributed by atoms with van der Waals surface area (Å²) in [5.41, 5.74) is 0. The molecule has 7 heteroatoms. The van der Waals surface area contributed by atoms with Crippen LogP contribution in [0.1, 0.15) is 0 Å². The zero-order valence-corrected chi connectivity index (χ0v) is 10.5. The second-order valence-electron chi connectivity index (χ2n) is 3.05. The Morgan fingerprint density at radius 2 is 2.41 bits per heavy atom. The van der Waals surface area contributed by atoms with E-state index in [-0.39, 0.29) is 24.9 Å². The first-order valence-electron chi connectivity index (χ1n) is 4.88. The van der Waals surface area contributed by atoms with Crippen molar-refractivity contribution in [2.75, 3.05) is 19.0 Å². The molecule has 0 unspecified atom stereocenters. The van der Waals surface area contributed by atoms with Gasteiger partial charge in [-0.25, -0.2) is 9.97 Å². The molecule has 0 aliphatic rings. The van der Waals surface area contributed by atoms with Crippen LogP contribution < -0.4 is 0 Å². The largest absolute Gasteiger partial charge is 0.463 e. The van der Waals surface area contributed by atoms with Crippen molar-refractivity contribution in [1.82, 2.24) is 9.97 Å². The average Bonchev–Trinajstić information content (AvgIpc) is 2.82. The Kier molecular flexibility index (Phi) is 4.29. The molecule has 0 atom stereocenters. The highest BCUT2D eigenvalue weighted by Crippen LogP contribution is 2.27. The van der Waals surface area contributed by atoms with Crippen LogP contribution in [0.2, 0.25) is 0 Å². The molecule has 0 aromatic carbocycles. The number of carbonyl (C=O) groups excluding carboxylic acids is 1. The molecule has 0 amide bonds. The molecular weight excluding hydrogens is 260 g/mol. The van der Waals surface area contributed by atoms with Gasteiger partial charge in [0, 0.05) is 5.39 Å². The number of nitrogens with zero attached hydrogens (tertiary/aromatic N) is 2. The van der Waals surface area contributed by atoms with Gasteiger partial charge in [-0.2, -0.15) is 0 Å². The van der Waals surface area contributed by atoms with Crippen molar-refractivity contribution >= 4 is 39.3 Å². The molecule has 0 radical (unpaired) electrons. The third kappa shape index (κ3) is 3.15. The normalized spacial score (nSPS) is 10.6.